The number of hydrogen-bond donors (Lipinski definition) is 2. The van der Waals surface area contributed by atoms with E-state index in [4.69, 9.17) is 0 Å². The van der Waals surface area contributed by atoms with Crippen LogP contribution in [0.1, 0.15) is 33.4 Å². The van der Waals surface area contributed by atoms with Crippen LogP contribution in [0.15, 0.2) is 12.4 Å². The molecular weight excluding hydrogens is 353 g/mol. The van der Waals surface area contributed by atoms with Crippen molar-refractivity contribution in [2.75, 3.05) is 11.9 Å². The van der Waals surface area contributed by atoms with Crippen LogP contribution in [-0.4, -0.2) is 26.5 Å². The molecule has 0 spiro atoms. The molecule has 2 heterocycles. The Hall–Kier alpha value is -1.18. The van der Waals surface area contributed by atoms with Gasteiger partial charge in [-0.15, -0.1) is 0 Å². The fourth-order valence-corrected chi connectivity index (χ4v) is 2.96. The highest BCUT2D eigenvalue weighted by molar-refractivity contribution is 14.1. The van der Waals surface area contributed by atoms with Gasteiger partial charge in [0.05, 0.1) is 9.26 Å². The van der Waals surface area contributed by atoms with E-state index in [1.165, 1.54) is 0 Å². The van der Waals surface area contributed by atoms with Crippen molar-refractivity contribution in [3.63, 3.8) is 0 Å². The van der Waals surface area contributed by atoms with E-state index in [1.54, 1.807) is 12.4 Å². The van der Waals surface area contributed by atoms with Crippen molar-refractivity contribution in [3.8, 4) is 11.6 Å². The molecule has 0 bridgehead atoms. The number of imidazole rings is 1. The molecule has 0 aromatic carbocycles. The Balaban J connectivity index is 2.61. The highest BCUT2D eigenvalue weighted by Gasteiger charge is 2.23. The van der Waals surface area contributed by atoms with Crippen LogP contribution in [0, 0.1) is 3.57 Å². The number of anilines is 1. The van der Waals surface area contributed by atoms with Gasteiger partial charge in [-0.25, -0.2) is 15.0 Å². The molecular formula is C13H18IN5. The van der Waals surface area contributed by atoms with Gasteiger partial charge in [0.2, 0.25) is 0 Å². The van der Waals surface area contributed by atoms with Gasteiger partial charge in [-0.2, -0.15) is 0 Å². The third kappa shape index (κ3) is 3.05. The molecule has 0 aliphatic heterocycles. The van der Waals surface area contributed by atoms with Gasteiger partial charge in [-0.1, -0.05) is 20.8 Å². The average molecular weight is 371 g/mol. The SMILES string of the molecule is CCNc1nc(-c2ncc[nH]2)nc(C(C)(C)C)c1I. The minimum Gasteiger partial charge on any atom is -0.369 e. The predicted molar refractivity (Wildman–Crippen MR) is 85.2 cm³/mol. The van der Waals surface area contributed by atoms with Crippen molar-refractivity contribution in [3.05, 3.63) is 21.7 Å². The summed E-state index contributed by atoms with van der Waals surface area (Å²) in [4.78, 5) is 16.5. The van der Waals surface area contributed by atoms with Crippen molar-refractivity contribution >= 4 is 28.4 Å². The number of nitrogens with zero attached hydrogens (tertiary/aromatic N) is 3. The molecule has 6 heteroatoms. The van der Waals surface area contributed by atoms with Gasteiger partial charge >= 0.3 is 0 Å². The Kier molecular flexibility index (Phi) is 4.07. The van der Waals surface area contributed by atoms with Gasteiger partial charge in [-0.05, 0) is 29.5 Å². The molecule has 0 saturated carbocycles. The largest absolute Gasteiger partial charge is 0.369 e. The van der Waals surface area contributed by atoms with Gasteiger partial charge in [0.25, 0.3) is 0 Å². The van der Waals surface area contributed by atoms with E-state index >= 15 is 0 Å². The quantitative estimate of drug-likeness (QED) is 0.814. The van der Waals surface area contributed by atoms with Crippen molar-refractivity contribution in [2.45, 2.75) is 33.1 Å². The van der Waals surface area contributed by atoms with Crippen LogP contribution < -0.4 is 5.32 Å². The van der Waals surface area contributed by atoms with Gasteiger partial charge < -0.3 is 10.3 Å². The molecule has 0 unspecified atom stereocenters. The highest BCUT2D eigenvalue weighted by Crippen LogP contribution is 2.30. The zero-order chi connectivity index (χ0) is 14.0. The van der Waals surface area contributed by atoms with E-state index < -0.39 is 0 Å². The van der Waals surface area contributed by atoms with Gasteiger partial charge in [0, 0.05) is 24.4 Å². The second-order valence-electron chi connectivity index (χ2n) is 5.28. The molecule has 2 rings (SSSR count). The summed E-state index contributed by atoms with van der Waals surface area (Å²) in [5.74, 6) is 2.20. The molecule has 0 saturated heterocycles. The number of aromatic amines is 1. The van der Waals surface area contributed by atoms with E-state index in [2.05, 4.69) is 75.5 Å². The Labute approximate surface area is 126 Å². The molecule has 0 fully saturated rings. The summed E-state index contributed by atoms with van der Waals surface area (Å²) in [6.07, 6.45) is 3.49. The molecule has 0 atom stereocenters. The molecule has 5 nitrogen and oxygen atoms in total. The Morgan fingerprint density at radius 1 is 1.32 bits per heavy atom. The summed E-state index contributed by atoms with van der Waals surface area (Å²) in [5, 5.41) is 3.29. The molecule has 0 aliphatic rings. The minimum atomic E-state index is -0.0367. The highest BCUT2D eigenvalue weighted by atomic mass is 127. The maximum absolute atomic E-state index is 4.68. The topological polar surface area (TPSA) is 66.5 Å². The van der Waals surface area contributed by atoms with Crippen molar-refractivity contribution in [1.29, 1.82) is 0 Å². The van der Waals surface area contributed by atoms with Gasteiger partial charge in [0.1, 0.15) is 5.82 Å². The van der Waals surface area contributed by atoms with Crippen LogP contribution in [0.2, 0.25) is 0 Å². The number of H-pyrrole nitrogens is 1. The Bertz CT molecular complexity index is 557. The Morgan fingerprint density at radius 3 is 2.58 bits per heavy atom. The fraction of sp³-hybridized carbons (Fsp3) is 0.462. The van der Waals surface area contributed by atoms with Crippen LogP contribution >= 0.6 is 22.6 Å². The summed E-state index contributed by atoms with van der Waals surface area (Å²) < 4.78 is 1.07. The maximum Gasteiger partial charge on any atom is 0.197 e. The normalized spacial score (nSPS) is 11.6. The molecule has 102 valence electrons. The van der Waals surface area contributed by atoms with Crippen LogP contribution in [-0.2, 0) is 5.41 Å². The molecule has 19 heavy (non-hydrogen) atoms. The van der Waals surface area contributed by atoms with Crippen molar-refractivity contribution in [2.24, 2.45) is 0 Å². The summed E-state index contributed by atoms with van der Waals surface area (Å²) in [6, 6.07) is 0. The monoisotopic (exact) mass is 371 g/mol. The van der Waals surface area contributed by atoms with Crippen molar-refractivity contribution in [1.82, 2.24) is 19.9 Å². The van der Waals surface area contributed by atoms with Crippen molar-refractivity contribution < 1.29 is 0 Å². The molecule has 2 N–H and O–H groups in total. The number of halogens is 1. The van der Waals surface area contributed by atoms with Gasteiger partial charge in [0.15, 0.2) is 11.6 Å². The number of nitrogens with one attached hydrogen (secondary N) is 2. The Morgan fingerprint density at radius 2 is 2.05 bits per heavy atom. The van der Waals surface area contributed by atoms with E-state index in [1.807, 2.05) is 0 Å². The lowest BCUT2D eigenvalue weighted by atomic mass is 9.92. The summed E-state index contributed by atoms with van der Waals surface area (Å²) in [7, 11) is 0. The summed E-state index contributed by atoms with van der Waals surface area (Å²) in [5.41, 5.74) is 0.996. The molecule has 2 aromatic rings. The first-order valence-corrected chi connectivity index (χ1v) is 7.33. The van der Waals surface area contributed by atoms with E-state index in [-0.39, 0.29) is 5.41 Å². The number of hydrogen-bond acceptors (Lipinski definition) is 4. The number of rotatable bonds is 3. The molecule has 0 amide bonds. The van der Waals surface area contributed by atoms with E-state index in [0.29, 0.717) is 11.6 Å². The average Bonchev–Trinajstić information content (AvgIpc) is 2.84. The van der Waals surface area contributed by atoms with Crippen LogP contribution in [0.5, 0.6) is 0 Å². The lowest BCUT2D eigenvalue weighted by Crippen LogP contribution is -2.19. The number of aromatic nitrogens is 4. The summed E-state index contributed by atoms with van der Waals surface area (Å²) >= 11 is 2.31. The lowest BCUT2D eigenvalue weighted by molar-refractivity contribution is 0.564. The zero-order valence-electron chi connectivity index (χ0n) is 11.6. The first-order valence-electron chi connectivity index (χ1n) is 6.25. The second kappa shape index (κ2) is 5.44. The van der Waals surface area contributed by atoms with Gasteiger partial charge in [-0.3, -0.25) is 0 Å². The maximum atomic E-state index is 4.68. The molecule has 2 aromatic heterocycles. The zero-order valence-corrected chi connectivity index (χ0v) is 13.7. The van der Waals surface area contributed by atoms with E-state index in [9.17, 15) is 0 Å². The minimum absolute atomic E-state index is 0.0367. The lowest BCUT2D eigenvalue weighted by Gasteiger charge is -2.21. The predicted octanol–water partition coefficient (Wildman–Crippen LogP) is 3.20. The third-order valence-corrected chi connectivity index (χ3v) is 3.64. The fourth-order valence-electron chi connectivity index (χ4n) is 1.72. The molecule has 0 aliphatic carbocycles. The third-order valence-electron chi connectivity index (χ3n) is 2.62. The van der Waals surface area contributed by atoms with Crippen LogP contribution in [0.4, 0.5) is 5.82 Å². The second-order valence-corrected chi connectivity index (χ2v) is 6.36. The van der Waals surface area contributed by atoms with Crippen LogP contribution in [0.3, 0.4) is 0 Å². The standard InChI is InChI=1S/C13H18IN5/c1-5-15-10-8(14)9(13(2,3)4)18-12(19-10)11-16-6-7-17-11/h6-7H,5H2,1-4H3,(H,16,17)(H,15,18,19). The molecule has 0 radical (unpaired) electrons. The first kappa shape index (κ1) is 14.2. The van der Waals surface area contributed by atoms with E-state index in [0.717, 1.165) is 21.6 Å². The smallest absolute Gasteiger partial charge is 0.197 e. The van der Waals surface area contributed by atoms with Crippen LogP contribution in [0.25, 0.3) is 11.6 Å². The first-order chi connectivity index (χ1) is 8.93. The summed E-state index contributed by atoms with van der Waals surface area (Å²) in [6.45, 7) is 9.34.